The van der Waals surface area contributed by atoms with Crippen LogP contribution in [0.2, 0.25) is 0 Å². The van der Waals surface area contributed by atoms with Crippen LogP contribution in [0, 0.1) is 0 Å². The normalized spacial score (nSPS) is 7.38. The predicted octanol–water partition coefficient (Wildman–Crippen LogP) is -3.28. The van der Waals surface area contributed by atoms with Crippen molar-refractivity contribution in [1.82, 2.24) is 6.15 Å². The van der Waals surface area contributed by atoms with Gasteiger partial charge in [-0.1, -0.05) is 0 Å². The van der Waals surface area contributed by atoms with Gasteiger partial charge in [0, 0.05) is 0 Å². The molecular weight excluding hydrogens is 180 g/mol. The Bertz CT molecular complexity index is 58.6. The van der Waals surface area contributed by atoms with Gasteiger partial charge in [-0.15, -0.1) is 0 Å². The molecule has 6 N–H and O–H groups in total. The molecule has 0 aromatic heterocycles. The third-order valence-corrected chi connectivity index (χ3v) is 0. The van der Waals surface area contributed by atoms with E-state index in [-0.39, 0.29) is 28.7 Å². The molecule has 0 aliphatic heterocycles. The number of phosphoric acid groups is 1. The van der Waals surface area contributed by atoms with Gasteiger partial charge < -0.3 is 30.9 Å². The quantitative estimate of drug-likeness (QED) is 0.311. The Morgan fingerprint density at radius 2 is 1.12 bits per heavy atom. The first-order valence-corrected chi connectivity index (χ1v) is 2.19. The third kappa shape index (κ3) is 668. The van der Waals surface area contributed by atoms with Crippen LogP contribution in [-0.4, -0.2) is 5.48 Å². The van der Waals surface area contributed by atoms with E-state index in [1.54, 1.807) is 0 Å². The van der Waals surface area contributed by atoms with Gasteiger partial charge in [0.1, 0.15) is 0 Å². The van der Waals surface area contributed by atoms with Gasteiger partial charge in [0.05, 0.1) is 0 Å². The van der Waals surface area contributed by atoms with E-state index in [4.69, 9.17) is 19.2 Å². The molecule has 8 heteroatoms. The Hall–Kier alpha value is 0.549. The molecule has 0 aliphatic carbocycles. The molecule has 0 aliphatic rings. The minimum atomic E-state index is -5.39. The van der Waals surface area contributed by atoms with Crippen LogP contribution in [0.1, 0.15) is 0 Å². The summed E-state index contributed by atoms with van der Waals surface area (Å²) in [5.41, 5.74) is 0. The van der Waals surface area contributed by atoms with E-state index >= 15 is 0 Å². The Balaban J connectivity index is -0.0000000267. The molecule has 0 saturated heterocycles. The summed E-state index contributed by atoms with van der Waals surface area (Å²) >= 11 is 0. The minimum Gasteiger partial charge on any atom is -0.822 e. The molecule has 0 spiro atoms. The van der Waals surface area contributed by atoms with Crippen molar-refractivity contribution in [3.05, 3.63) is 0 Å². The maximum atomic E-state index is 8.55. The maximum Gasteiger partial charge on any atom is 2.00 e. The molecule has 0 aromatic carbocycles. The van der Waals surface area contributed by atoms with E-state index in [0.29, 0.717) is 0 Å². The largest absolute Gasteiger partial charge is 2.00 e. The molecule has 8 heavy (non-hydrogen) atoms. The van der Waals surface area contributed by atoms with Crippen LogP contribution in [0.3, 0.4) is 0 Å². The Labute approximate surface area is 56.5 Å². The zero-order valence-electron chi connectivity index (χ0n) is 3.96. The van der Waals surface area contributed by atoms with E-state index in [2.05, 4.69) is 0 Å². The van der Waals surface area contributed by atoms with E-state index in [1.165, 1.54) is 0 Å². The van der Waals surface area contributed by atoms with Crippen LogP contribution in [0.15, 0.2) is 0 Å². The molecule has 0 unspecified atom stereocenters. The summed E-state index contributed by atoms with van der Waals surface area (Å²) in [6, 6.07) is 0. The maximum absolute atomic E-state index is 8.55. The molecule has 0 fully saturated rings. The zero-order chi connectivity index (χ0) is 4.50. The Morgan fingerprint density at radius 3 is 1.12 bits per heavy atom. The SMILES string of the molecule is O.O=P([O-])([O-])[O-].[Mn+2].[NH4+]. The summed E-state index contributed by atoms with van der Waals surface area (Å²) in [7, 11) is -5.39. The van der Waals surface area contributed by atoms with Gasteiger partial charge in [0.15, 0.2) is 0 Å². The second-order valence-electron chi connectivity index (χ2n) is 0.447. The molecule has 0 amide bonds. The van der Waals surface area contributed by atoms with Gasteiger partial charge in [0.2, 0.25) is 0 Å². The number of quaternary nitrogens is 1. The van der Waals surface area contributed by atoms with Crippen molar-refractivity contribution in [3.8, 4) is 0 Å². The fraction of sp³-hybridized carbons (Fsp3) is 0. The van der Waals surface area contributed by atoms with Crippen molar-refractivity contribution in [2.24, 2.45) is 0 Å². The predicted molar refractivity (Wildman–Crippen MR) is 17.2 cm³/mol. The van der Waals surface area contributed by atoms with Crippen LogP contribution in [-0.2, 0) is 21.6 Å². The van der Waals surface area contributed by atoms with Gasteiger partial charge in [-0.3, -0.25) is 0 Å². The van der Waals surface area contributed by atoms with Crippen molar-refractivity contribution in [1.29, 1.82) is 0 Å². The van der Waals surface area contributed by atoms with Gasteiger partial charge in [-0.25, -0.2) is 0 Å². The van der Waals surface area contributed by atoms with Gasteiger partial charge in [-0.2, -0.15) is 7.82 Å². The molecule has 0 rings (SSSR count). The third-order valence-electron chi connectivity index (χ3n) is 0. The molecule has 0 heterocycles. The Kier molecular flexibility index (Phi) is 22.2. The first-order chi connectivity index (χ1) is 2.00. The second-order valence-corrected chi connectivity index (χ2v) is 1.34. The zero-order valence-corrected chi connectivity index (χ0v) is 6.03. The smallest absolute Gasteiger partial charge is 0.822 e. The molecule has 1 radical (unpaired) electrons. The standard InChI is InChI=1S/Mn.H3N.H3O4P.H2O/c;;1-5(2,3)4;/h;1H3;(H3,1,2,3,4);1H2/q+2;;;/p-2. The van der Waals surface area contributed by atoms with Crippen LogP contribution in [0.5, 0.6) is 0 Å². The van der Waals surface area contributed by atoms with Crippen molar-refractivity contribution >= 4 is 7.82 Å². The first kappa shape index (κ1) is 23.5. The van der Waals surface area contributed by atoms with Gasteiger partial charge >= 0.3 is 17.1 Å². The second kappa shape index (κ2) is 7.55. The van der Waals surface area contributed by atoms with Gasteiger partial charge in [-0.05, 0) is 0 Å². The van der Waals surface area contributed by atoms with E-state index in [1.807, 2.05) is 0 Å². The molecule has 0 atom stereocenters. The first-order valence-electron chi connectivity index (χ1n) is 0.730. The number of rotatable bonds is 0. The summed E-state index contributed by atoms with van der Waals surface area (Å²) in [6.45, 7) is 0. The van der Waals surface area contributed by atoms with E-state index < -0.39 is 7.82 Å². The molecule has 53 valence electrons. The summed E-state index contributed by atoms with van der Waals surface area (Å²) in [5.74, 6) is 0. The van der Waals surface area contributed by atoms with E-state index in [0.717, 1.165) is 0 Å². The van der Waals surface area contributed by atoms with Crippen LogP contribution in [0.25, 0.3) is 0 Å². The number of hydrogen-bond donors (Lipinski definition) is 1. The fourth-order valence-corrected chi connectivity index (χ4v) is 0. The van der Waals surface area contributed by atoms with Crippen molar-refractivity contribution in [2.45, 2.75) is 0 Å². The molecular formula is H6MnNO5P. The summed E-state index contributed by atoms with van der Waals surface area (Å²) in [4.78, 5) is 25.6. The number of hydrogen-bond acceptors (Lipinski definition) is 4. The van der Waals surface area contributed by atoms with Crippen LogP contribution in [0.4, 0.5) is 0 Å². The van der Waals surface area contributed by atoms with Crippen molar-refractivity contribution < 1.29 is 41.8 Å². The Morgan fingerprint density at radius 1 is 1.12 bits per heavy atom. The molecule has 6 nitrogen and oxygen atoms in total. The molecule has 0 aromatic rings. The molecule has 0 saturated carbocycles. The summed E-state index contributed by atoms with van der Waals surface area (Å²) in [6.07, 6.45) is 0. The van der Waals surface area contributed by atoms with Crippen molar-refractivity contribution in [3.63, 3.8) is 0 Å². The van der Waals surface area contributed by atoms with Crippen molar-refractivity contribution in [2.75, 3.05) is 0 Å². The van der Waals surface area contributed by atoms with Crippen LogP contribution >= 0.6 is 7.82 Å². The summed E-state index contributed by atoms with van der Waals surface area (Å²) in [5, 5.41) is 0. The minimum absolute atomic E-state index is 0. The van der Waals surface area contributed by atoms with E-state index in [9.17, 15) is 0 Å². The average molecular weight is 186 g/mol. The van der Waals surface area contributed by atoms with Crippen LogP contribution < -0.4 is 20.8 Å². The monoisotopic (exact) mass is 186 g/mol. The molecule has 0 bridgehead atoms. The topological polar surface area (TPSA) is 154 Å². The summed E-state index contributed by atoms with van der Waals surface area (Å²) < 4.78 is 8.55. The van der Waals surface area contributed by atoms with Gasteiger partial charge in [0.25, 0.3) is 0 Å². The average Bonchev–Trinajstić information content (AvgIpc) is 0.722. The fourth-order valence-electron chi connectivity index (χ4n) is 0.